The summed E-state index contributed by atoms with van der Waals surface area (Å²) in [5, 5.41) is 12.7. The van der Waals surface area contributed by atoms with Crippen molar-refractivity contribution in [2.24, 2.45) is 0 Å². The number of hydrogen-bond donors (Lipinski definition) is 1. The maximum Gasteiger partial charge on any atom is 0.296 e. The number of fused-ring (bicyclic) bond motifs is 1. The molecule has 0 unspecified atom stereocenters. The first-order chi connectivity index (χ1) is 17.2. The predicted octanol–water partition coefficient (Wildman–Crippen LogP) is 5.49. The molecule has 2 aliphatic heterocycles. The molecule has 1 saturated carbocycles. The summed E-state index contributed by atoms with van der Waals surface area (Å²) >= 11 is 0. The molecular formula is C28H46O7SSi. The van der Waals surface area contributed by atoms with Crippen molar-refractivity contribution >= 4 is 18.4 Å². The Kier molecular flexibility index (Phi) is 8.12. The number of benzene rings is 1. The zero-order valence-electron chi connectivity index (χ0n) is 23.5. The fourth-order valence-electron chi connectivity index (χ4n) is 6.35. The second kappa shape index (κ2) is 10.3. The predicted molar refractivity (Wildman–Crippen MR) is 146 cm³/mol. The third kappa shape index (κ3) is 5.22. The van der Waals surface area contributed by atoms with Crippen LogP contribution in [0, 0.1) is 6.92 Å². The molecule has 2 spiro atoms. The second-order valence-corrected chi connectivity index (χ2v) is 19.1. The van der Waals surface area contributed by atoms with Gasteiger partial charge in [0.05, 0.1) is 17.6 Å². The van der Waals surface area contributed by atoms with Gasteiger partial charge in [0.25, 0.3) is 10.1 Å². The van der Waals surface area contributed by atoms with Gasteiger partial charge in [0.1, 0.15) is 16.8 Å². The molecular weight excluding hydrogens is 508 g/mol. The van der Waals surface area contributed by atoms with Crippen molar-refractivity contribution < 1.29 is 31.6 Å². The average molecular weight is 555 g/mol. The lowest BCUT2D eigenvalue weighted by Gasteiger charge is -2.61. The zero-order chi connectivity index (χ0) is 27.2. The minimum Gasteiger partial charge on any atom is -0.411 e. The molecule has 9 heteroatoms. The largest absolute Gasteiger partial charge is 0.411 e. The normalized spacial score (nSPS) is 33.0. The summed E-state index contributed by atoms with van der Waals surface area (Å²) < 4.78 is 50.8. The quantitative estimate of drug-likeness (QED) is 0.258. The topological polar surface area (TPSA) is 91.3 Å². The summed E-state index contributed by atoms with van der Waals surface area (Å²) in [6.45, 7) is 14.2. The van der Waals surface area contributed by atoms with Crippen molar-refractivity contribution in [1.29, 1.82) is 0 Å². The molecule has 2 heterocycles. The molecule has 37 heavy (non-hydrogen) atoms. The van der Waals surface area contributed by atoms with Gasteiger partial charge in [0, 0.05) is 13.2 Å². The Morgan fingerprint density at radius 3 is 2.27 bits per heavy atom. The van der Waals surface area contributed by atoms with Crippen LogP contribution in [-0.4, -0.2) is 64.6 Å². The molecule has 2 saturated heterocycles. The van der Waals surface area contributed by atoms with Gasteiger partial charge < -0.3 is 19.0 Å². The van der Waals surface area contributed by atoms with Crippen LogP contribution >= 0.6 is 0 Å². The molecule has 1 aliphatic carbocycles. The van der Waals surface area contributed by atoms with E-state index in [0.717, 1.165) is 31.2 Å². The molecule has 0 bridgehead atoms. The fraction of sp³-hybridized carbons (Fsp3) is 0.786. The highest BCUT2D eigenvalue weighted by Gasteiger charge is 2.71. The van der Waals surface area contributed by atoms with E-state index >= 15 is 0 Å². The summed E-state index contributed by atoms with van der Waals surface area (Å²) in [5.41, 5.74) is -1.72. The highest BCUT2D eigenvalue weighted by Crippen LogP contribution is 2.59. The molecule has 3 aliphatic rings. The molecule has 1 aromatic rings. The first-order valence-electron chi connectivity index (χ1n) is 13.8. The van der Waals surface area contributed by atoms with Gasteiger partial charge in [0.2, 0.25) is 0 Å². The van der Waals surface area contributed by atoms with Crippen molar-refractivity contribution in [2.75, 3.05) is 19.8 Å². The second-order valence-electron chi connectivity index (χ2n) is 12.7. The van der Waals surface area contributed by atoms with Gasteiger partial charge >= 0.3 is 0 Å². The van der Waals surface area contributed by atoms with Gasteiger partial charge in [0.15, 0.2) is 8.32 Å². The van der Waals surface area contributed by atoms with Gasteiger partial charge in [-0.15, -0.1) is 0 Å². The summed E-state index contributed by atoms with van der Waals surface area (Å²) in [7, 11) is -6.08. The van der Waals surface area contributed by atoms with E-state index in [4.69, 9.17) is 18.1 Å². The molecule has 4 atom stereocenters. The fourth-order valence-corrected chi connectivity index (χ4v) is 8.67. The van der Waals surface area contributed by atoms with Crippen LogP contribution in [-0.2, 0) is 28.2 Å². The van der Waals surface area contributed by atoms with Gasteiger partial charge in [-0.05, 0) is 88.6 Å². The average Bonchev–Trinajstić information content (AvgIpc) is 3.49. The van der Waals surface area contributed by atoms with E-state index in [-0.39, 0.29) is 16.5 Å². The van der Waals surface area contributed by atoms with Crippen molar-refractivity contribution in [3.05, 3.63) is 29.8 Å². The Labute approximate surface area is 224 Å². The van der Waals surface area contributed by atoms with Crippen LogP contribution in [0.2, 0.25) is 18.1 Å². The van der Waals surface area contributed by atoms with Gasteiger partial charge in [-0.25, -0.2) is 0 Å². The molecule has 3 fully saturated rings. The number of ether oxygens (including phenoxy) is 2. The minimum atomic E-state index is -3.87. The third-order valence-electron chi connectivity index (χ3n) is 9.40. The van der Waals surface area contributed by atoms with E-state index in [1.165, 1.54) is 0 Å². The molecule has 1 aromatic carbocycles. The Morgan fingerprint density at radius 2 is 1.70 bits per heavy atom. The van der Waals surface area contributed by atoms with Crippen molar-refractivity contribution in [3.8, 4) is 0 Å². The van der Waals surface area contributed by atoms with Crippen LogP contribution in [0.15, 0.2) is 29.2 Å². The number of rotatable bonds is 8. The van der Waals surface area contributed by atoms with Crippen LogP contribution in [0.25, 0.3) is 0 Å². The van der Waals surface area contributed by atoms with E-state index < -0.39 is 41.3 Å². The molecule has 7 nitrogen and oxygen atoms in total. The molecule has 210 valence electrons. The van der Waals surface area contributed by atoms with Crippen molar-refractivity contribution in [3.63, 3.8) is 0 Å². The Balaban J connectivity index is 1.58. The lowest BCUT2D eigenvalue weighted by atomic mass is 9.58. The Bertz CT molecular complexity index is 1040. The summed E-state index contributed by atoms with van der Waals surface area (Å²) in [5.74, 6) is 0. The van der Waals surface area contributed by atoms with E-state index in [1.54, 1.807) is 24.3 Å². The van der Waals surface area contributed by atoms with Crippen molar-refractivity contribution in [1.82, 2.24) is 0 Å². The van der Waals surface area contributed by atoms with Crippen LogP contribution in [0.5, 0.6) is 0 Å². The molecule has 0 aromatic heterocycles. The number of hydrogen-bond acceptors (Lipinski definition) is 7. The van der Waals surface area contributed by atoms with Crippen molar-refractivity contribution in [2.45, 2.75) is 125 Å². The smallest absolute Gasteiger partial charge is 0.296 e. The summed E-state index contributed by atoms with van der Waals surface area (Å²) in [6.07, 6.45) is 5.15. The SMILES string of the molecule is Cc1ccc(S(=O)(=O)OCCC[C@]2(O)[C@H](O[Si](C)(C)C(C)(C)C)CC[C@@]3(CCCO3)[C@@]23CCCO3)cc1. The Hall–Kier alpha value is -0.813. The first kappa shape index (κ1) is 29.2. The monoisotopic (exact) mass is 554 g/mol. The first-order valence-corrected chi connectivity index (χ1v) is 18.1. The lowest BCUT2D eigenvalue weighted by molar-refractivity contribution is -0.302. The van der Waals surface area contributed by atoms with Gasteiger partial charge in [-0.1, -0.05) is 38.5 Å². The van der Waals surface area contributed by atoms with E-state index in [2.05, 4.69) is 33.9 Å². The summed E-state index contributed by atoms with van der Waals surface area (Å²) in [4.78, 5) is 0.141. The molecule has 4 rings (SSSR count). The highest BCUT2D eigenvalue weighted by molar-refractivity contribution is 7.86. The maximum atomic E-state index is 12.7. The highest BCUT2D eigenvalue weighted by atomic mass is 32.2. The molecule has 0 amide bonds. The lowest BCUT2D eigenvalue weighted by Crippen LogP contribution is -2.75. The zero-order valence-corrected chi connectivity index (χ0v) is 25.3. The van der Waals surface area contributed by atoms with Gasteiger partial charge in [-0.2, -0.15) is 8.42 Å². The van der Waals surface area contributed by atoms with Crippen LogP contribution in [0.1, 0.15) is 77.7 Å². The van der Waals surface area contributed by atoms with Crippen LogP contribution in [0.4, 0.5) is 0 Å². The standard InChI is InChI=1S/C28H46O7SSi/c1-22-10-12-23(13-11-22)36(30,31)34-21-8-16-27(29)24(35-37(5,6)25(2,3)4)14-18-26(15-7-19-32-26)28(27)17-9-20-33-28/h10-13,24,29H,7-9,14-21H2,1-6H3/t24-,26+,27+,28+/m1/s1. The van der Waals surface area contributed by atoms with E-state index in [9.17, 15) is 13.5 Å². The van der Waals surface area contributed by atoms with E-state index in [0.29, 0.717) is 38.9 Å². The number of aliphatic hydroxyl groups is 1. The number of aryl methyl sites for hydroxylation is 1. The maximum absolute atomic E-state index is 12.7. The molecule has 1 N–H and O–H groups in total. The summed E-state index contributed by atoms with van der Waals surface area (Å²) in [6, 6.07) is 6.63. The minimum absolute atomic E-state index is 0.0121. The van der Waals surface area contributed by atoms with Crippen LogP contribution < -0.4 is 0 Å². The Morgan fingerprint density at radius 1 is 1.05 bits per heavy atom. The van der Waals surface area contributed by atoms with E-state index in [1.807, 2.05) is 6.92 Å². The third-order valence-corrected chi connectivity index (χ3v) is 15.2. The van der Waals surface area contributed by atoms with Crippen LogP contribution in [0.3, 0.4) is 0 Å². The van der Waals surface area contributed by atoms with Gasteiger partial charge in [-0.3, -0.25) is 4.18 Å². The molecule has 0 radical (unpaired) electrons.